The van der Waals surface area contributed by atoms with Gasteiger partial charge in [-0.05, 0) is 47.5 Å². The normalized spacial score (nSPS) is 11.2. The minimum Gasteiger partial charge on any atom is -0.486 e. The van der Waals surface area contributed by atoms with Gasteiger partial charge in [0.2, 0.25) is 0 Å². The maximum atomic E-state index is 14.5. The van der Waals surface area contributed by atoms with Crippen molar-refractivity contribution in [1.29, 1.82) is 0 Å². The highest BCUT2D eigenvalue weighted by molar-refractivity contribution is 5.85. The van der Waals surface area contributed by atoms with Crippen molar-refractivity contribution in [3.8, 4) is 33.8 Å². The number of ether oxygens (including phenoxy) is 2. The molecule has 0 fully saturated rings. The molecule has 0 aromatic heterocycles. The van der Waals surface area contributed by atoms with Crippen LogP contribution in [-0.2, 0) is 10.4 Å². The molecule has 0 radical (unpaired) electrons. The number of aliphatic carboxylic acids is 1. The van der Waals surface area contributed by atoms with E-state index in [-0.39, 0.29) is 40.4 Å². The molecule has 0 saturated heterocycles. The molecule has 216 valence electrons. The van der Waals surface area contributed by atoms with Crippen molar-refractivity contribution in [2.24, 2.45) is 0 Å². The molecule has 5 aromatic carbocycles. The number of hydrogen-bond acceptors (Lipinski definition) is 3. The Labute approximate surface area is 245 Å². The number of rotatable bonds is 10. The first kappa shape index (κ1) is 29.1. The fraction of sp³-hybridized carbons (Fsp3) is 0.0571. The Balaban J connectivity index is 1.65. The number of hydrogen-bond donors (Lipinski definition) is 1. The van der Waals surface area contributed by atoms with Gasteiger partial charge >= 0.3 is 5.97 Å². The highest BCUT2D eigenvalue weighted by Crippen LogP contribution is 2.41. The number of para-hydroxylation sites is 2. The van der Waals surface area contributed by atoms with Crippen LogP contribution in [0, 0.1) is 23.3 Å². The average molecular weight is 585 g/mol. The first-order chi connectivity index (χ1) is 20.7. The summed E-state index contributed by atoms with van der Waals surface area (Å²) in [7, 11) is 0. The first-order valence-electron chi connectivity index (χ1n) is 13.1. The zero-order chi connectivity index (χ0) is 30.6. The van der Waals surface area contributed by atoms with Crippen molar-refractivity contribution in [2.75, 3.05) is 6.61 Å². The highest BCUT2D eigenvalue weighted by Gasteiger charge is 2.46. The lowest BCUT2D eigenvalue weighted by atomic mass is 9.84. The smallest absolute Gasteiger partial charge is 0.357 e. The number of carbonyl (C=O) groups is 1. The summed E-state index contributed by atoms with van der Waals surface area (Å²) >= 11 is 0. The van der Waals surface area contributed by atoms with Gasteiger partial charge in [0.15, 0.2) is 11.5 Å². The zero-order valence-electron chi connectivity index (χ0n) is 22.6. The van der Waals surface area contributed by atoms with Gasteiger partial charge < -0.3 is 14.6 Å². The van der Waals surface area contributed by atoms with Crippen LogP contribution in [-0.4, -0.2) is 17.7 Å². The summed E-state index contributed by atoms with van der Waals surface area (Å²) < 4.78 is 68.0. The second-order valence-electron chi connectivity index (χ2n) is 9.54. The fourth-order valence-electron chi connectivity index (χ4n) is 4.76. The summed E-state index contributed by atoms with van der Waals surface area (Å²) in [6.07, 6.45) is 1.53. The molecule has 4 nitrogen and oxygen atoms in total. The summed E-state index contributed by atoms with van der Waals surface area (Å²) in [5.74, 6) is -3.99. The largest absolute Gasteiger partial charge is 0.486 e. The van der Waals surface area contributed by atoms with Gasteiger partial charge in [0, 0.05) is 34.4 Å². The van der Waals surface area contributed by atoms with Crippen LogP contribution < -0.4 is 9.47 Å². The van der Waals surface area contributed by atoms with E-state index in [1.807, 2.05) is 0 Å². The van der Waals surface area contributed by atoms with Gasteiger partial charge in [-0.1, -0.05) is 73.3 Å². The van der Waals surface area contributed by atoms with Crippen LogP contribution in [0.2, 0.25) is 0 Å². The Morgan fingerprint density at radius 1 is 0.698 bits per heavy atom. The third kappa shape index (κ3) is 5.85. The number of benzene rings is 5. The van der Waals surface area contributed by atoms with Crippen molar-refractivity contribution in [1.82, 2.24) is 0 Å². The van der Waals surface area contributed by atoms with Crippen LogP contribution in [0.25, 0.3) is 22.3 Å². The zero-order valence-corrected chi connectivity index (χ0v) is 22.6. The minimum atomic E-state index is -2.16. The Morgan fingerprint density at radius 2 is 1.16 bits per heavy atom. The van der Waals surface area contributed by atoms with E-state index in [4.69, 9.17) is 9.47 Å². The van der Waals surface area contributed by atoms with E-state index < -0.39 is 34.8 Å². The van der Waals surface area contributed by atoms with E-state index in [1.54, 1.807) is 24.3 Å². The van der Waals surface area contributed by atoms with Gasteiger partial charge in [-0.25, -0.2) is 22.4 Å². The molecule has 0 saturated carbocycles. The molecule has 0 atom stereocenters. The van der Waals surface area contributed by atoms with Crippen LogP contribution in [0.4, 0.5) is 17.6 Å². The lowest BCUT2D eigenvalue weighted by Crippen LogP contribution is -2.43. The molecule has 0 aliphatic carbocycles. The topological polar surface area (TPSA) is 55.8 Å². The molecule has 0 amide bonds. The molecule has 0 aliphatic heterocycles. The third-order valence-corrected chi connectivity index (χ3v) is 6.84. The number of halogens is 4. The molecule has 5 rings (SSSR count). The van der Waals surface area contributed by atoms with Gasteiger partial charge in [-0.3, -0.25) is 0 Å². The molecule has 8 heteroatoms. The molecule has 0 heterocycles. The fourth-order valence-corrected chi connectivity index (χ4v) is 4.76. The summed E-state index contributed by atoms with van der Waals surface area (Å²) in [6, 6.07) is 24.9. The predicted octanol–water partition coefficient (Wildman–Crippen LogP) is 8.55. The van der Waals surface area contributed by atoms with E-state index >= 15 is 0 Å². The number of carboxylic acid groups (broad SMARTS) is 1. The molecule has 0 bridgehead atoms. The first-order valence-corrected chi connectivity index (χ1v) is 13.1. The quantitative estimate of drug-likeness (QED) is 0.132. The molecule has 0 unspecified atom stereocenters. The van der Waals surface area contributed by atoms with Crippen LogP contribution in [0.1, 0.15) is 11.1 Å². The van der Waals surface area contributed by atoms with Crippen molar-refractivity contribution in [3.05, 3.63) is 156 Å². The maximum absolute atomic E-state index is 14.5. The summed E-state index contributed by atoms with van der Waals surface area (Å²) in [4.78, 5) is 13.3. The second kappa shape index (κ2) is 12.2. The molecular weight excluding hydrogens is 560 g/mol. The van der Waals surface area contributed by atoms with E-state index in [0.717, 1.165) is 24.3 Å². The van der Waals surface area contributed by atoms with Crippen molar-refractivity contribution >= 4 is 5.97 Å². The Morgan fingerprint density at radius 3 is 1.58 bits per heavy atom. The maximum Gasteiger partial charge on any atom is 0.357 e. The van der Waals surface area contributed by atoms with Gasteiger partial charge in [-0.2, -0.15) is 0 Å². The predicted molar refractivity (Wildman–Crippen MR) is 155 cm³/mol. The van der Waals surface area contributed by atoms with E-state index in [1.165, 1.54) is 66.7 Å². The van der Waals surface area contributed by atoms with Gasteiger partial charge in [0.1, 0.15) is 29.9 Å². The monoisotopic (exact) mass is 584 g/mol. The molecular formula is C35H24F4O4. The van der Waals surface area contributed by atoms with Crippen molar-refractivity contribution in [3.63, 3.8) is 0 Å². The highest BCUT2D eigenvalue weighted by atomic mass is 19.1. The Bertz CT molecular complexity index is 1690. The minimum absolute atomic E-state index is 0.120. The van der Waals surface area contributed by atoms with E-state index in [9.17, 15) is 27.5 Å². The van der Waals surface area contributed by atoms with E-state index in [2.05, 4.69) is 6.58 Å². The van der Waals surface area contributed by atoms with Gasteiger partial charge in [0.05, 0.1) is 0 Å². The molecule has 43 heavy (non-hydrogen) atoms. The SMILES string of the molecule is C=CCOc1ccccc1OC(C(=O)O)(c1ccc(-c2ccc(F)cc2F)cc1)c1ccc(-c2ccc(F)cc2F)cc1. The summed E-state index contributed by atoms with van der Waals surface area (Å²) in [5.41, 5.74) is -0.786. The second-order valence-corrected chi connectivity index (χ2v) is 9.54. The standard InChI is InChI=1S/C35H24F4O4/c1-2-19-42-32-5-3-4-6-33(32)43-35(34(40)41,24-11-7-22(8-12-24)28-17-15-26(36)20-30(28)38)25-13-9-23(10-14-25)29-18-16-27(37)21-31(29)39/h2-18,20-21H,1,19H2,(H,40,41). The average Bonchev–Trinajstić information content (AvgIpc) is 2.99. The van der Waals surface area contributed by atoms with Crippen LogP contribution >= 0.6 is 0 Å². The van der Waals surface area contributed by atoms with Crippen molar-refractivity contribution in [2.45, 2.75) is 5.60 Å². The van der Waals surface area contributed by atoms with Crippen molar-refractivity contribution < 1.29 is 36.9 Å². The Hall–Kier alpha value is -5.37. The lowest BCUT2D eigenvalue weighted by molar-refractivity contribution is -0.152. The van der Waals surface area contributed by atoms with Gasteiger partial charge in [0.25, 0.3) is 5.60 Å². The molecule has 5 aromatic rings. The molecule has 1 N–H and O–H groups in total. The third-order valence-electron chi connectivity index (χ3n) is 6.84. The van der Waals surface area contributed by atoms with Crippen LogP contribution in [0.5, 0.6) is 11.5 Å². The molecule has 0 spiro atoms. The lowest BCUT2D eigenvalue weighted by Gasteiger charge is -2.32. The van der Waals surface area contributed by atoms with Gasteiger partial charge in [-0.15, -0.1) is 0 Å². The van der Waals surface area contributed by atoms with Crippen LogP contribution in [0.15, 0.2) is 122 Å². The summed E-state index contributed by atoms with van der Waals surface area (Å²) in [5, 5.41) is 10.8. The van der Waals surface area contributed by atoms with E-state index in [0.29, 0.717) is 11.1 Å². The Kier molecular flexibility index (Phi) is 8.29. The van der Waals surface area contributed by atoms with Crippen LogP contribution in [0.3, 0.4) is 0 Å². The number of carboxylic acids is 1. The molecule has 0 aliphatic rings. The summed E-state index contributed by atoms with van der Waals surface area (Å²) in [6.45, 7) is 3.77.